The van der Waals surface area contributed by atoms with Crippen molar-refractivity contribution in [3.63, 3.8) is 0 Å². The van der Waals surface area contributed by atoms with E-state index in [1.54, 1.807) is 6.92 Å². The first-order valence-electron chi connectivity index (χ1n) is 2.60. The van der Waals surface area contributed by atoms with Crippen LogP contribution in [0, 0.1) is 6.57 Å². The number of nitrogens with one attached hydrogen (secondary N) is 1. The maximum Gasteiger partial charge on any atom is 0.365 e. The van der Waals surface area contributed by atoms with E-state index in [1.165, 1.54) is 0 Å². The molecule has 60 valence electrons. The molecule has 0 aliphatic carbocycles. The average molecular weight is 376 g/mol. The lowest BCUT2D eigenvalue weighted by Gasteiger charge is -1.93. The molecule has 0 saturated carbocycles. The van der Waals surface area contributed by atoms with E-state index in [1.807, 2.05) is 0 Å². The second-order valence-corrected chi connectivity index (χ2v) is 1.69. The highest BCUT2D eigenvalue weighted by molar-refractivity contribution is 15.0. The smallest absolute Gasteiger partial charge is 0.365 e. The minimum Gasteiger partial charge on any atom is -0.465 e. The van der Waals surface area contributed by atoms with Crippen molar-refractivity contribution in [3.8, 4) is 0 Å². The van der Waals surface area contributed by atoms with Crippen molar-refractivity contribution in [2.45, 2.75) is 6.92 Å². The zero-order valence-corrected chi connectivity index (χ0v) is 10.1. The van der Waals surface area contributed by atoms with Gasteiger partial charge in [-0.15, -0.1) is 0 Å². The van der Waals surface area contributed by atoms with Gasteiger partial charge in [0, 0.05) is 37.2 Å². The van der Waals surface area contributed by atoms with Gasteiger partial charge < -0.3 is 10.1 Å². The molecule has 1 aliphatic rings. The predicted molar refractivity (Wildman–Crippen MR) is 60.7 cm³/mol. The molecule has 0 unspecified atom stereocenters. The first-order valence-corrected chi connectivity index (χ1v) is 8.89. The topological polar surface area (TPSA) is 25.6 Å². The third-order valence-corrected chi connectivity index (χ3v) is 0.969. The Kier molecular flexibility index (Phi) is 5.67. The number of halogens is 2. The van der Waals surface area contributed by atoms with E-state index in [0.717, 1.165) is 5.70 Å². The molecule has 3 nitrogen and oxygen atoms in total. The van der Waals surface area contributed by atoms with E-state index in [4.69, 9.17) is 11.3 Å². The van der Waals surface area contributed by atoms with Crippen LogP contribution in [0.15, 0.2) is 24.0 Å². The third-order valence-electron chi connectivity index (χ3n) is 0.969. The summed E-state index contributed by atoms with van der Waals surface area (Å²) in [7, 11) is 0. The molecule has 5 heteroatoms. The van der Waals surface area contributed by atoms with Crippen LogP contribution in [0.5, 0.6) is 0 Å². The summed E-state index contributed by atoms with van der Waals surface area (Å²) in [5.74, 6) is 0.721. The molecule has 1 N–H and O–H groups in total. The molecule has 0 aromatic carbocycles. The first kappa shape index (κ1) is 11.0. The van der Waals surface area contributed by atoms with Crippen molar-refractivity contribution in [2.24, 2.45) is 0 Å². The van der Waals surface area contributed by atoms with E-state index < -0.39 is 0 Å². The van der Waals surface area contributed by atoms with Gasteiger partial charge in [-0.05, 0) is 13.5 Å². The molecule has 1 rings (SSSR count). The van der Waals surface area contributed by atoms with Crippen molar-refractivity contribution in [1.82, 2.24) is 5.32 Å². The van der Waals surface area contributed by atoms with Gasteiger partial charge >= 0.3 is 5.88 Å². The van der Waals surface area contributed by atoms with E-state index >= 15 is 0 Å². The molecule has 0 spiro atoms. The van der Waals surface area contributed by atoms with Crippen LogP contribution in [0.4, 0.5) is 0 Å². The van der Waals surface area contributed by atoms with Crippen LogP contribution < -0.4 is 5.32 Å². The molecule has 1 heterocycles. The number of rotatable bonds is 0. The summed E-state index contributed by atoms with van der Waals surface area (Å²) in [6.07, 6.45) is 0. The molecule has 0 bridgehead atoms. The molecule has 11 heavy (non-hydrogen) atoms. The minimum atomic E-state index is 0.292. The summed E-state index contributed by atoms with van der Waals surface area (Å²) in [6, 6.07) is 0. The minimum absolute atomic E-state index is 0.292. The first-order chi connectivity index (χ1) is 5.24. The summed E-state index contributed by atoms with van der Waals surface area (Å²) in [4.78, 5) is 3.10. The van der Waals surface area contributed by atoms with Gasteiger partial charge in [0.15, 0.2) is 5.88 Å². The average Bonchev–Trinajstić information content (AvgIpc) is 2.33. The van der Waals surface area contributed by atoms with Gasteiger partial charge in [-0.1, -0.05) is 0 Å². The van der Waals surface area contributed by atoms with E-state index in [9.17, 15) is 0 Å². The second kappa shape index (κ2) is 5.65. The quantitative estimate of drug-likeness (QED) is 0.520. The third kappa shape index (κ3) is 3.29. The van der Waals surface area contributed by atoms with Crippen LogP contribution in [-0.2, 0) is 4.74 Å². The molecule has 0 fully saturated rings. The lowest BCUT2D eigenvalue weighted by molar-refractivity contribution is 0.330. The number of nitrogens with zero attached hydrogens (tertiary/aromatic N) is 1. The van der Waals surface area contributed by atoms with Crippen LogP contribution in [0.3, 0.4) is 0 Å². The van der Waals surface area contributed by atoms with Crippen LogP contribution in [-0.4, -0.2) is 0 Å². The fourth-order valence-corrected chi connectivity index (χ4v) is 0.588. The van der Waals surface area contributed by atoms with Crippen molar-refractivity contribution in [1.29, 1.82) is 0 Å². The van der Waals surface area contributed by atoms with Gasteiger partial charge in [-0.2, -0.15) is 4.85 Å². The maximum atomic E-state index is 6.58. The number of hydrogen-bond donors (Lipinski definition) is 1. The monoisotopic (exact) mass is 376 g/mol. The van der Waals surface area contributed by atoms with Crippen molar-refractivity contribution in [3.05, 3.63) is 35.5 Å². The maximum absolute atomic E-state index is 6.58. The fourth-order valence-electron chi connectivity index (χ4n) is 0.588. The van der Waals surface area contributed by atoms with Crippen molar-refractivity contribution in [2.75, 3.05) is 0 Å². The van der Waals surface area contributed by atoms with Gasteiger partial charge in [-0.3, -0.25) is 0 Å². The predicted octanol–water partition coefficient (Wildman–Crippen LogP) is 2.96. The van der Waals surface area contributed by atoms with Gasteiger partial charge in [0.2, 0.25) is 0 Å². The molecule has 0 atom stereocenters. The fraction of sp³-hybridized carbons (Fsp3) is 0.167. The van der Waals surface area contributed by atoms with Gasteiger partial charge in [-0.25, -0.2) is 0 Å². The van der Waals surface area contributed by atoms with Crippen LogP contribution in [0.25, 0.3) is 4.85 Å². The molecule has 0 saturated heterocycles. The highest BCUT2D eigenvalue weighted by Crippen LogP contribution is 2.16. The molecule has 1 aliphatic heterocycles. The lowest BCUT2D eigenvalue weighted by Crippen LogP contribution is -2.01. The van der Waals surface area contributed by atoms with Gasteiger partial charge in [0.1, 0.15) is 0 Å². The number of allylic oxidation sites excluding steroid dienone is 1. The summed E-state index contributed by atoms with van der Waals surface area (Å²) >= 11 is 4.24. The largest absolute Gasteiger partial charge is 0.465 e. The summed E-state index contributed by atoms with van der Waals surface area (Å²) in [5.41, 5.74) is 0.731. The van der Waals surface area contributed by atoms with E-state index in [2.05, 4.69) is 54.0 Å². The molecule has 0 radical (unpaired) electrons. The van der Waals surface area contributed by atoms with E-state index in [0.29, 0.717) is 11.8 Å². The Morgan fingerprint density at radius 1 is 1.64 bits per heavy atom. The molecule has 0 amide bonds. The van der Waals surface area contributed by atoms with E-state index in [-0.39, 0.29) is 0 Å². The zero-order valence-electron chi connectivity index (χ0n) is 5.82. The van der Waals surface area contributed by atoms with Gasteiger partial charge in [0.25, 0.3) is 0 Å². The zero-order chi connectivity index (χ0) is 8.85. The Morgan fingerprint density at radius 2 is 2.18 bits per heavy atom. The Labute approximate surface area is 89.0 Å². The number of hydrogen-bond acceptors (Lipinski definition) is 2. The Balaban J connectivity index is 0.000000461. The molecular formula is C6H6I2N2O. The summed E-state index contributed by atoms with van der Waals surface area (Å²) in [6.45, 7) is 11.8. The molecule has 0 aromatic heterocycles. The molecular weight excluding hydrogens is 370 g/mol. The standard InChI is InChI=1S/C6H6N2O.I2/c1-4-6(7-3)9-5(2)8-4;1-2/h8H,2H2,1H3;. The SMILES string of the molecule is II.[C-]#[N+]C1=C(C)NC(=C)O1. The Morgan fingerprint density at radius 3 is 2.36 bits per heavy atom. The van der Waals surface area contributed by atoms with Crippen LogP contribution in [0.1, 0.15) is 6.92 Å². The normalized spacial score (nSPS) is 14.2. The number of ether oxygens (including phenoxy) is 1. The highest BCUT2D eigenvalue weighted by atomic mass is 128. The van der Waals surface area contributed by atoms with Crippen molar-refractivity contribution >= 4 is 37.2 Å². The van der Waals surface area contributed by atoms with Crippen LogP contribution in [0.2, 0.25) is 0 Å². The second-order valence-electron chi connectivity index (χ2n) is 1.69. The van der Waals surface area contributed by atoms with Crippen molar-refractivity contribution < 1.29 is 4.74 Å². The highest BCUT2D eigenvalue weighted by Gasteiger charge is 2.13. The summed E-state index contributed by atoms with van der Waals surface area (Å²) in [5, 5.41) is 2.77. The summed E-state index contributed by atoms with van der Waals surface area (Å²) < 4.78 is 4.84. The Hall–Kier alpha value is 0.0300. The van der Waals surface area contributed by atoms with Crippen LogP contribution >= 0.6 is 37.2 Å². The Bertz CT molecular complexity index is 229. The molecule has 0 aromatic rings. The lowest BCUT2D eigenvalue weighted by atomic mass is 10.5. The van der Waals surface area contributed by atoms with Gasteiger partial charge in [0.05, 0.1) is 12.3 Å².